The molecule has 3 nitrogen and oxygen atoms in total. The third kappa shape index (κ3) is 4.79. The van der Waals surface area contributed by atoms with Crippen LogP contribution in [0.5, 0.6) is 0 Å². The lowest BCUT2D eigenvalue weighted by atomic mass is 9.89. The van der Waals surface area contributed by atoms with Gasteiger partial charge in [0.25, 0.3) is 0 Å². The maximum Gasteiger partial charge on any atom is 0.225 e. The summed E-state index contributed by atoms with van der Waals surface area (Å²) in [7, 11) is 0. The van der Waals surface area contributed by atoms with Gasteiger partial charge in [-0.15, -0.1) is 0 Å². The maximum absolute atomic E-state index is 12.7. The predicted octanol–water partition coefficient (Wildman–Crippen LogP) is 3.32. The smallest absolute Gasteiger partial charge is 0.225 e. The molecule has 0 spiro atoms. The van der Waals surface area contributed by atoms with Crippen molar-refractivity contribution in [2.75, 3.05) is 6.54 Å². The lowest BCUT2D eigenvalue weighted by Crippen LogP contribution is -2.46. The third-order valence-electron chi connectivity index (χ3n) is 4.43. The summed E-state index contributed by atoms with van der Waals surface area (Å²) in [5.41, 5.74) is 5.97. The van der Waals surface area contributed by atoms with Crippen molar-refractivity contribution in [1.29, 1.82) is 0 Å². The quantitative estimate of drug-likeness (QED) is 0.770. The molecule has 19 heavy (non-hydrogen) atoms. The van der Waals surface area contributed by atoms with E-state index in [1.54, 1.807) is 0 Å². The molecule has 112 valence electrons. The van der Waals surface area contributed by atoms with E-state index in [4.69, 9.17) is 5.73 Å². The van der Waals surface area contributed by atoms with Gasteiger partial charge in [-0.1, -0.05) is 26.7 Å². The third-order valence-corrected chi connectivity index (χ3v) is 4.43. The topological polar surface area (TPSA) is 46.3 Å². The van der Waals surface area contributed by atoms with E-state index in [0.717, 1.165) is 57.9 Å². The van der Waals surface area contributed by atoms with Gasteiger partial charge in [-0.05, 0) is 45.4 Å². The van der Waals surface area contributed by atoms with E-state index in [-0.39, 0.29) is 5.92 Å². The van der Waals surface area contributed by atoms with Gasteiger partial charge in [0.1, 0.15) is 0 Å². The fraction of sp³-hybridized carbons (Fsp3) is 0.938. The Morgan fingerprint density at radius 1 is 1.11 bits per heavy atom. The van der Waals surface area contributed by atoms with Crippen LogP contribution >= 0.6 is 0 Å². The Kier molecular flexibility index (Phi) is 7.44. The van der Waals surface area contributed by atoms with Gasteiger partial charge in [0.15, 0.2) is 0 Å². The van der Waals surface area contributed by atoms with Crippen LogP contribution in [0.15, 0.2) is 0 Å². The largest absolute Gasteiger partial charge is 0.340 e. The van der Waals surface area contributed by atoms with Crippen molar-refractivity contribution in [3.63, 3.8) is 0 Å². The summed E-state index contributed by atoms with van der Waals surface area (Å²) in [6.45, 7) is 7.31. The fourth-order valence-corrected chi connectivity index (χ4v) is 3.33. The first-order chi connectivity index (χ1) is 9.13. The summed E-state index contributed by atoms with van der Waals surface area (Å²) in [5.74, 6) is 0.636. The van der Waals surface area contributed by atoms with Crippen molar-refractivity contribution in [3.05, 3.63) is 0 Å². The lowest BCUT2D eigenvalue weighted by Gasteiger charge is -2.37. The molecule has 0 heterocycles. The molecule has 0 aromatic rings. The van der Waals surface area contributed by atoms with Gasteiger partial charge in [-0.3, -0.25) is 4.79 Å². The number of amides is 1. The minimum atomic E-state index is 0.241. The Hall–Kier alpha value is -0.570. The second-order valence-corrected chi connectivity index (χ2v) is 5.97. The van der Waals surface area contributed by atoms with Crippen LogP contribution in [-0.4, -0.2) is 29.4 Å². The first-order valence-electron chi connectivity index (χ1n) is 8.19. The Balaban J connectivity index is 2.63. The summed E-state index contributed by atoms with van der Waals surface area (Å²) in [5, 5.41) is 0. The zero-order valence-electron chi connectivity index (χ0n) is 13.0. The molecule has 1 amide bonds. The van der Waals surface area contributed by atoms with Crippen LogP contribution in [0.3, 0.4) is 0 Å². The highest BCUT2D eigenvalue weighted by molar-refractivity contribution is 5.79. The molecule has 0 aromatic carbocycles. The Morgan fingerprint density at radius 2 is 1.63 bits per heavy atom. The van der Waals surface area contributed by atoms with Crippen molar-refractivity contribution in [2.45, 2.75) is 84.2 Å². The van der Waals surface area contributed by atoms with Crippen LogP contribution < -0.4 is 5.73 Å². The van der Waals surface area contributed by atoms with Crippen molar-refractivity contribution >= 4 is 5.91 Å². The first kappa shape index (κ1) is 16.5. The Bertz CT molecular complexity index is 253. The monoisotopic (exact) mass is 268 g/mol. The van der Waals surface area contributed by atoms with Crippen molar-refractivity contribution in [1.82, 2.24) is 4.90 Å². The highest BCUT2D eigenvalue weighted by Gasteiger charge is 2.30. The summed E-state index contributed by atoms with van der Waals surface area (Å²) in [4.78, 5) is 14.9. The molecule has 1 aliphatic rings. The van der Waals surface area contributed by atoms with Gasteiger partial charge in [0, 0.05) is 24.5 Å². The van der Waals surface area contributed by atoms with Crippen LogP contribution in [0.25, 0.3) is 0 Å². The molecule has 1 fully saturated rings. The molecule has 1 aliphatic carbocycles. The summed E-state index contributed by atoms with van der Waals surface area (Å²) in [6, 6.07) is 0.792. The van der Waals surface area contributed by atoms with Crippen molar-refractivity contribution < 1.29 is 4.79 Å². The molecular weight excluding hydrogens is 236 g/mol. The van der Waals surface area contributed by atoms with E-state index in [9.17, 15) is 4.79 Å². The molecule has 0 aromatic heterocycles. The van der Waals surface area contributed by atoms with Gasteiger partial charge in [0.2, 0.25) is 5.91 Å². The molecular formula is C16H32N2O. The second-order valence-electron chi connectivity index (χ2n) is 5.97. The number of nitrogens with zero attached hydrogens (tertiary/aromatic N) is 1. The van der Waals surface area contributed by atoms with Gasteiger partial charge in [0.05, 0.1) is 0 Å². The average molecular weight is 268 g/mol. The lowest BCUT2D eigenvalue weighted by molar-refractivity contribution is -0.139. The van der Waals surface area contributed by atoms with Gasteiger partial charge in [-0.25, -0.2) is 0 Å². The SMILES string of the molecule is CCCC(CCC)C(=O)N(CC)C1CCC(N)CC1. The van der Waals surface area contributed by atoms with Crippen LogP contribution in [-0.2, 0) is 4.79 Å². The van der Waals surface area contributed by atoms with Crippen LogP contribution in [0.4, 0.5) is 0 Å². The number of carbonyl (C=O) groups is 1. The molecule has 0 aliphatic heterocycles. The standard InChI is InChI=1S/C16H32N2O/c1-4-7-13(8-5-2)16(19)18(6-3)15-11-9-14(17)10-12-15/h13-15H,4-12,17H2,1-3H3. The molecule has 1 saturated carbocycles. The highest BCUT2D eigenvalue weighted by atomic mass is 16.2. The highest BCUT2D eigenvalue weighted by Crippen LogP contribution is 2.25. The van der Waals surface area contributed by atoms with Crippen LogP contribution in [0.1, 0.15) is 72.1 Å². The molecule has 3 heteroatoms. The zero-order valence-corrected chi connectivity index (χ0v) is 13.0. The molecule has 0 unspecified atom stereocenters. The average Bonchev–Trinajstić information content (AvgIpc) is 2.41. The van der Waals surface area contributed by atoms with Gasteiger partial charge in [-0.2, -0.15) is 0 Å². The van der Waals surface area contributed by atoms with Gasteiger partial charge >= 0.3 is 0 Å². The summed E-state index contributed by atoms with van der Waals surface area (Å²) in [6.07, 6.45) is 8.59. The molecule has 1 rings (SSSR count). The maximum atomic E-state index is 12.7. The fourth-order valence-electron chi connectivity index (χ4n) is 3.33. The number of rotatable bonds is 7. The predicted molar refractivity (Wildman–Crippen MR) is 80.9 cm³/mol. The minimum absolute atomic E-state index is 0.241. The number of nitrogens with two attached hydrogens (primary N) is 1. The van der Waals surface area contributed by atoms with Crippen LogP contribution in [0.2, 0.25) is 0 Å². The Morgan fingerprint density at radius 3 is 2.05 bits per heavy atom. The number of hydrogen-bond donors (Lipinski definition) is 1. The van der Waals surface area contributed by atoms with E-state index >= 15 is 0 Å². The van der Waals surface area contributed by atoms with Crippen molar-refractivity contribution in [2.24, 2.45) is 11.7 Å². The Labute approximate surface area is 118 Å². The second kappa shape index (κ2) is 8.57. The van der Waals surface area contributed by atoms with E-state index in [1.807, 2.05) is 0 Å². The molecule has 0 atom stereocenters. The molecule has 0 saturated heterocycles. The van der Waals surface area contributed by atoms with E-state index in [2.05, 4.69) is 25.7 Å². The van der Waals surface area contributed by atoms with E-state index in [1.165, 1.54) is 0 Å². The van der Waals surface area contributed by atoms with Crippen molar-refractivity contribution in [3.8, 4) is 0 Å². The van der Waals surface area contributed by atoms with E-state index in [0.29, 0.717) is 18.0 Å². The summed E-state index contributed by atoms with van der Waals surface area (Å²) < 4.78 is 0. The zero-order chi connectivity index (χ0) is 14.3. The van der Waals surface area contributed by atoms with Crippen LogP contribution in [0, 0.1) is 5.92 Å². The summed E-state index contributed by atoms with van der Waals surface area (Å²) >= 11 is 0. The normalized spacial score (nSPS) is 23.6. The molecule has 0 bridgehead atoms. The minimum Gasteiger partial charge on any atom is -0.340 e. The molecule has 2 N–H and O–H groups in total. The number of hydrogen-bond acceptors (Lipinski definition) is 2. The first-order valence-corrected chi connectivity index (χ1v) is 8.19. The van der Waals surface area contributed by atoms with Gasteiger partial charge < -0.3 is 10.6 Å². The molecule has 0 radical (unpaired) electrons. The number of carbonyl (C=O) groups excluding carboxylic acids is 1. The van der Waals surface area contributed by atoms with E-state index < -0.39 is 0 Å².